The molecule has 1 aromatic heterocycles. The van der Waals surface area contributed by atoms with Crippen LogP contribution in [0.1, 0.15) is 28.8 Å². The lowest BCUT2D eigenvalue weighted by Gasteiger charge is -2.24. The molecule has 0 spiro atoms. The summed E-state index contributed by atoms with van der Waals surface area (Å²) in [5.41, 5.74) is 3.80. The summed E-state index contributed by atoms with van der Waals surface area (Å²) in [5, 5.41) is 3.37. The lowest BCUT2D eigenvalue weighted by molar-refractivity contribution is 0.245. The minimum atomic E-state index is 0.447. The normalized spacial score (nSPS) is 12.3. The highest BCUT2D eigenvalue weighted by Crippen LogP contribution is 2.18. The van der Waals surface area contributed by atoms with E-state index in [1.165, 1.54) is 16.1 Å². The number of rotatable bonds is 8. The van der Waals surface area contributed by atoms with E-state index in [0.717, 1.165) is 30.8 Å². The van der Waals surface area contributed by atoms with Crippen molar-refractivity contribution >= 4 is 11.3 Å². The van der Waals surface area contributed by atoms with E-state index in [-0.39, 0.29) is 0 Å². The number of hydrogen-bond acceptors (Lipinski definition) is 4. The van der Waals surface area contributed by atoms with Crippen LogP contribution in [0, 0.1) is 0 Å². The predicted molar refractivity (Wildman–Crippen MR) is 109 cm³/mol. The van der Waals surface area contributed by atoms with Crippen molar-refractivity contribution in [2.45, 2.75) is 32.4 Å². The Morgan fingerprint density at radius 3 is 2.46 bits per heavy atom. The van der Waals surface area contributed by atoms with Crippen molar-refractivity contribution in [2.75, 3.05) is 14.2 Å². The second kappa shape index (κ2) is 8.97. The maximum atomic E-state index is 5.23. The Kier molecular flexibility index (Phi) is 6.42. The van der Waals surface area contributed by atoms with E-state index in [2.05, 4.69) is 66.7 Å². The van der Waals surface area contributed by atoms with Gasteiger partial charge in [0.1, 0.15) is 5.75 Å². The maximum Gasteiger partial charge on any atom is 0.118 e. The van der Waals surface area contributed by atoms with Gasteiger partial charge in [-0.3, -0.25) is 4.90 Å². The Balaban J connectivity index is 1.54. The van der Waals surface area contributed by atoms with Gasteiger partial charge in [0.15, 0.2) is 0 Å². The van der Waals surface area contributed by atoms with Crippen LogP contribution in [0.2, 0.25) is 0 Å². The van der Waals surface area contributed by atoms with Crippen molar-refractivity contribution in [1.29, 1.82) is 0 Å². The third kappa shape index (κ3) is 5.16. The van der Waals surface area contributed by atoms with Crippen LogP contribution in [0.5, 0.6) is 5.75 Å². The van der Waals surface area contributed by atoms with Crippen molar-refractivity contribution in [1.82, 2.24) is 9.88 Å². The second-order valence-corrected chi connectivity index (χ2v) is 7.65. The minimum absolute atomic E-state index is 0.447. The molecule has 0 saturated heterocycles. The molecule has 0 aliphatic carbocycles. The van der Waals surface area contributed by atoms with Gasteiger partial charge in [0.2, 0.25) is 0 Å². The van der Waals surface area contributed by atoms with Gasteiger partial charge in [-0.1, -0.05) is 42.5 Å². The first-order chi connectivity index (χ1) is 12.6. The molecule has 0 aliphatic rings. The summed E-state index contributed by atoms with van der Waals surface area (Å²) in [4.78, 5) is 7.18. The molecule has 0 N–H and O–H groups in total. The number of aromatic nitrogens is 1. The van der Waals surface area contributed by atoms with E-state index in [1.54, 1.807) is 18.4 Å². The SMILES string of the molecule is COc1ccc(CC(C)N(C)Cc2csc(Cc3ccccc3)n2)cc1. The van der Waals surface area contributed by atoms with Gasteiger partial charge in [-0.2, -0.15) is 0 Å². The van der Waals surface area contributed by atoms with Gasteiger partial charge in [0, 0.05) is 24.4 Å². The topological polar surface area (TPSA) is 25.4 Å². The van der Waals surface area contributed by atoms with E-state index in [1.807, 2.05) is 12.1 Å². The molecule has 3 rings (SSSR count). The standard InChI is InChI=1S/C22H26N2OS/c1-17(13-19-9-11-21(25-3)12-10-19)24(2)15-20-16-26-22(23-20)14-18-7-5-4-6-8-18/h4-12,16-17H,13-15H2,1-3H3. The van der Waals surface area contributed by atoms with E-state index in [0.29, 0.717) is 6.04 Å². The lowest BCUT2D eigenvalue weighted by atomic mass is 10.1. The van der Waals surface area contributed by atoms with Gasteiger partial charge in [-0.05, 0) is 43.7 Å². The van der Waals surface area contributed by atoms with Gasteiger partial charge in [0.05, 0.1) is 17.8 Å². The molecule has 0 aliphatic heterocycles. The Bertz CT molecular complexity index is 799. The van der Waals surface area contributed by atoms with Crippen LogP contribution in [-0.4, -0.2) is 30.1 Å². The zero-order chi connectivity index (χ0) is 18.4. The van der Waals surface area contributed by atoms with Crippen LogP contribution < -0.4 is 4.74 Å². The van der Waals surface area contributed by atoms with E-state index < -0.39 is 0 Å². The van der Waals surface area contributed by atoms with Gasteiger partial charge < -0.3 is 4.74 Å². The first kappa shape index (κ1) is 18.6. The number of likely N-dealkylation sites (N-methyl/N-ethyl adjacent to an activating group) is 1. The van der Waals surface area contributed by atoms with Gasteiger partial charge in [-0.25, -0.2) is 4.98 Å². The van der Waals surface area contributed by atoms with Gasteiger partial charge in [0.25, 0.3) is 0 Å². The first-order valence-electron chi connectivity index (χ1n) is 8.94. The number of nitrogens with zero attached hydrogens (tertiary/aromatic N) is 2. The van der Waals surface area contributed by atoms with Crippen LogP contribution >= 0.6 is 11.3 Å². The number of hydrogen-bond donors (Lipinski definition) is 0. The zero-order valence-electron chi connectivity index (χ0n) is 15.7. The lowest BCUT2D eigenvalue weighted by Crippen LogP contribution is -2.30. The smallest absolute Gasteiger partial charge is 0.118 e. The van der Waals surface area contributed by atoms with Crippen molar-refractivity contribution in [3.05, 3.63) is 81.8 Å². The Morgan fingerprint density at radius 1 is 1.04 bits per heavy atom. The molecule has 26 heavy (non-hydrogen) atoms. The molecule has 0 fully saturated rings. The van der Waals surface area contributed by atoms with Gasteiger partial charge >= 0.3 is 0 Å². The average molecular weight is 367 g/mol. The highest BCUT2D eigenvalue weighted by Gasteiger charge is 2.13. The predicted octanol–water partition coefficient (Wildman–Crippen LogP) is 4.81. The molecule has 136 valence electrons. The fraction of sp³-hybridized carbons (Fsp3) is 0.318. The molecule has 1 heterocycles. The summed E-state index contributed by atoms with van der Waals surface area (Å²) in [6.07, 6.45) is 1.93. The molecule has 1 atom stereocenters. The molecule has 3 nitrogen and oxygen atoms in total. The third-order valence-corrected chi connectivity index (χ3v) is 5.55. The van der Waals surface area contributed by atoms with Crippen molar-refractivity contribution in [3.8, 4) is 5.75 Å². The summed E-state index contributed by atoms with van der Waals surface area (Å²) in [6.45, 7) is 3.14. The molecule has 1 unspecified atom stereocenters. The Morgan fingerprint density at radius 2 is 1.77 bits per heavy atom. The molecule has 0 saturated carbocycles. The fourth-order valence-electron chi connectivity index (χ4n) is 2.94. The van der Waals surface area contributed by atoms with Crippen molar-refractivity contribution in [2.24, 2.45) is 0 Å². The largest absolute Gasteiger partial charge is 0.497 e. The molecule has 2 aromatic carbocycles. The fourth-order valence-corrected chi connectivity index (χ4v) is 3.76. The Labute approximate surface area is 160 Å². The molecule has 4 heteroatoms. The van der Waals surface area contributed by atoms with Crippen LogP contribution in [0.25, 0.3) is 0 Å². The molecule has 0 bridgehead atoms. The molecule has 0 radical (unpaired) electrons. The number of methoxy groups -OCH3 is 1. The molecule has 3 aromatic rings. The van der Waals surface area contributed by atoms with E-state index in [4.69, 9.17) is 9.72 Å². The van der Waals surface area contributed by atoms with Crippen LogP contribution in [0.15, 0.2) is 60.0 Å². The highest BCUT2D eigenvalue weighted by molar-refractivity contribution is 7.09. The number of ether oxygens (including phenoxy) is 1. The van der Waals surface area contributed by atoms with E-state index in [9.17, 15) is 0 Å². The zero-order valence-corrected chi connectivity index (χ0v) is 16.5. The summed E-state index contributed by atoms with van der Waals surface area (Å²) in [7, 11) is 3.87. The number of thiazole rings is 1. The highest BCUT2D eigenvalue weighted by atomic mass is 32.1. The third-order valence-electron chi connectivity index (χ3n) is 4.65. The summed E-state index contributed by atoms with van der Waals surface area (Å²) < 4.78 is 5.23. The van der Waals surface area contributed by atoms with Crippen molar-refractivity contribution < 1.29 is 4.74 Å². The van der Waals surface area contributed by atoms with Crippen LogP contribution in [-0.2, 0) is 19.4 Å². The van der Waals surface area contributed by atoms with Gasteiger partial charge in [-0.15, -0.1) is 11.3 Å². The van der Waals surface area contributed by atoms with E-state index >= 15 is 0 Å². The van der Waals surface area contributed by atoms with Crippen molar-refractivity contribution in [3.63, 3.8) is 0 Å². The Hall–Kier alpha value is -2.17. The summed E-state index contributed by atoms with van der Waals surface area (Å²) in [5.74, 6) is 0.906. The first-order valence-corrected chi connectivity index (χ1v) is 9.82. The summed E-state index contributed by atoms with van der Waals surface area (Å²) >= 11 is 1.75. The number of benzene rings is 2. The second-order valence-electron chi connectivity index (χ2n) is 6.71. The molecular formula is C22H26N2OS. The molecular weight excluding hydrogens is 340 g/mol. The summed E-state index contributed by atoms with van der Waals surface area (Å²) in [6, 6.07) is 19.3. The van der Waals surface area contributed by atoms with Crippen LogP contribution in [0.4, 0.5) is 0 Å². The minimum Gasteiger partial charge on any atom is -0.497 e. The van der Waals surface area contributed by atoms with Crippen LogP contribution in [0.3, 0.4) is 0 Å². The molecule has 0 amide bonds. The average Bonchev–Trinajstić information content (AvgIpc) is 3.10. The maximum absolute atomic E-state index is 5.23. The quantitative estimate of drug-likeness (QED) is 0.572. The monoisotopic (exact) mass is 366 g/mol.